The van der Waals surface area contributed by atoms with Crippen LogP contribution in [-0.4, -0.2) is 0 Å². The van der Waals surface area contributed by atoms with E-state index in [0.29, 0.717) is 16.7 Å². The van der Waals surface area contributed by atoms with Crippen molar-refractivity contribution in [3.05, 3.63) is 88.8 Å². The number of fused-ring (bicyclic) bond motifs is 3. The van der Waals surface area contributed by atoms with Gasteiger partial charge in [0.2, 0.25) is 0 Å². The largest absolute Gasteiger partial charge is 0.486 e. The van der Waals surface area contributed by atoms with Crippen LogP contribution in [0.2, 0.25) is 0 Å². The Bertz CT molecular complexity index is 1060. The molecule has 0 unspecified atom stereocenters. The molecule has 0 saturated heterocycles. The molecule has 0 spiro atoms. The summed E-state index contributed by atoms with van der Waals surface area (Å²) in [5.74, 6) is 0.678. The number of hydrogen-bond acceptors (Lipinski definition) is 3. The maximum absolute atomic E-state index is 12.1. The van der Waals surface area contributed by atoms with Gasteiger partial charge in [0.15, 0.2) is 0 Å². The Balaban J connectivity index is 1.76. The molecule has 0 radical (unpaired) electrons. The lowest BCUT2D eigenvalue weighted by molar-refractivity contribution is 0.227. The van der Waals surface area contributed by atoms with Crippen molar-refractivity contribution in [2.24, 2.45) is 0 Å². The van der Waals surface area contributed by atoms with E-state index in [1.54, 1.807) is 12.1 Å². The molecule has 3 aromatic carbocycles. The van der Waals surface area contributed by atoms with Crippen molar-refractivity contribution in [1.29, 1.82) is 0 Å². The van der Waals surface area contributed by atoms with Gasteiger partial charge >= 0.3 is 5.63 Å². The van der Waals surface area contributed by atoms with Crippen LogP contribution in [0.25, 0.3) is 21.7 Å². The second-order valence-electron chi connectivity index (χ2n) is 5.76. The molecule has 3 heteroatoms. The van der Waals surface area contributed by atoms with Crippen molar-refractivity contribution in [3.8, 4) is 5.75 Å². The fourth-order valence-corrected chi connectivity index (χ4v) is 2.93. The van der Waals surface area contributed by atoms with Crippen molar-refractivity contribution in [2.75, 3.05) is 0 Å². The summed E-state index contributed by atoms with van der Waals surface area (Å²) >= 11 is 0. The molecule has 0 amide bonds. The van der Waals surface area contributed by atoms with E-state index < -0.39 is 0 Å². The van der Waals surface area contributed by atoms with E-state index in [0.717, 1.165) is 16.3 Å². The molecule has 0 aliphatic heterocycles. The summed E-state index contributed by atoms with van der Waals surface area (Å²) in [5, 5.41) is 2.40. The molecule has 4 aromatic rings. The van der Waals surface area contributed by atoms with Gasteiger partial charge in [-0.1, -0.05) is 48.5 Å². The van der Waals surface area contributed by atoms with E-state index in [4.69, 9.17) is 9.15 Å². The third-order valence-electron chi connectivity index (χ3n) is 4.17. The maximum Gasteiger partial charge on any atom is 0.344 e. The third-order valence-corrected chi connectivity index (χ3v) is 4.17. The molecule has 4 rings (SSSR count). The lowest BCUT2D eigenvalue weighted by Gasteiger charge is -2.15. The first-order chi connectivity index (χ1) is 11.7. The van der Waals surface area contributed by atoms with Crippen LogP contribution in [0.3, 0.4) is 0 Å². The SMILES string of the molecule is C[C@H](Oc1ccc2c(c1)oc(=O)c1ccccc12)c1ccccc1. The van der Waals surface area contributed by atoms with Crippen molar-refractivity contribution >= 4 is 21.7 Å². The molecule has 0 aliphatic rings. The highest BCUT2D eigenvalue weighted by Gasteiger charge is 2.10. The first kappa shape index (κ1) is 14.5. The minimum Gasteiger partial charge on any atom is -0.486 e. The topological polar surface area (TPSA) is 39.4 Å². The highest BCUT2D eigenvalue weighted by Crippen LogP contribution is 2.28. The number of rotatable bonds is 3. The summed E-state index contributed by atoms with van der Waals surface area (Å²) < 4.78 is 11.5. The van der Waals surface area contributed by atoms with Crippen molar-refractivity contribution in [1.82, 2.24) is 0 Å². The second-order valence-corrected chi connectivity index (χ2v) is 5.76. The van der Waals surface area contributed by atoms with E-state index in [-0.39, 0.29) is 11.7 Å². The summed E-state index contributed by atoms with van der Waals surface area (Å²) in [6, 6.07) is 23.1. The van der Waals surface area contributed by atoms with Crippen LogP contribution in [0.5, 0.6) is 5.75 Å². The van der Waals surface area contributed by atoms with Gasteiger partial charge in [0.1, 0.15) is 17.4 Å². The van der Waals surface area contributed by atoms with Gasteiger partial charge in [0.05, 0.1) is 5.39 Å². The average molecular weight is 316 g/mol. The fourth-order valence-electron chi connectivity index (χ4n) is 2.93. The van der Waals surface area contributed by atoms with E-state index >= 15 is 0 Å². The van der Waals surface area contributed by atoms with Gasteiger partial charge in [-0.15, -0.1) is 0 Å². The molecule has 1 aromatic heterocycles. The van der Waals surface area contributed by atoms with Gasteiger partial charge in [-0.05, 0) is 36.1 Å². The first-order valence-corrected chi connectivity index (χ1v) is 7.89. The van der Waals surface area contributed by atoms with Crippen LogP contribution in [-0.2, 0) is 0 Å². The van der Waals surface area contributed by atoms with Gasteiger partial charge in [0, 0.05) is 11.5 Å². The predicted octanol–water partition coefficient (Wildman–Crippen LogP) is 5.09. The molecule has 0 aliphatic carbocycles. The molecule has 3 nitrogen and oxygen atoms in total. The van der Waals surface area contributed by atoms with E-state index in [2.05, 4.69) is 0 Å². The minimum absolute atomic E-state index is 0.0872. The molecule has 0 N–H and O–H groups in total. The van der Waals surface area contributed by atoms with E-state index in [9.17, 15) is 4.79 Å². The summed E-state index contributed by atoms with van der Waals surface area (Å²) in [5.41, 5.74) is 1.31. The molecular weight excluding hydrogens is 300 g/mol. The maximum atomic E-state index is 12.1. The molecule has 0 saturated carbocycles. The average Bonchev–Trinajstić information content (AvgIpc) is 2.62. The molecular formula is C21H16O3. The summed E-state index contributed by atoms with van der Waals surface area (Å²) in [6.45, 7) is 2.00. The zero-order valence-corrected chi connectivity index (χ0v) is 13.2. The quantitative estimate of drug-likeness (QED) is 0.390. The smallest absolute Gasteiger partial charge is 0.344 e. The monoisotopic (exact) mass is 316 g/mol. The van der Waals surface area contributed by atoms with Gasteiger partial charge in [-0.3, -0.25) is 0 Å². The van der Waals surface area contributed by atoms with Crippen LogP contribution in [0.1, 0.15) is 18.6 Å². The molecule has 1 atom stereocenters. The zero-order chi connectivity index (χ0) is 16.5. The lowest BCUT2D eigenvalue weighted by atomic mass is 10.1. The Morgan fingerprint density at radius 1 is 0.833 bits per heavy atom. The van der Waals surface area contributed by atoms with Crippen LogP contribution in [0, 0.1) is 0 Å². The lowest BCUT2D eigenvalue weighted by Crippen LogP contribution is -2.03. The summed E-state index contributed by atoms with van der Waals surface area (Å²) in [6.07, 6.45) is -0.0872. The highest BCUT2D eigenvalue weighted by molar-refractivity contribution is 6.04. The minimum atomic E-state index is -0.327. The Morgan fingerprint density at radius 2 is 1.54 bits per heavy atom. The van der Waals surface area contributed by atoms with Crippen molar-refractivity contribution < 1.29 is 9.15 Å². The number of ether oxygens (including phenoxy) is 1. The molecule has 118 valence electrons. The van der Waals surface area contributed by atoms with Crippen molar-refractivity contribution in [2.45, 2.75) is 13.0 Å². The number of hydrogen-bond donors (Lipinski definition) is 0. The highest BCUT2D eigenvalue weighted by atomic mass is 16.5. The normalized spacial score (nSPS) is 12.4. The van der Waals surface area contributed by atoms with E-state index in [1.807, 2.05) is 67.6 Å². The molecule has 24 heavy (non-hydrogen) atoms. The van der Waals surface area contributed by atoms with Crippen LogP contribution >= 0.6 is 0 Å². The second kappa shape index (κ2) is 5.85. The summed E-state index contributed by atoms with van der Waals surface area (Å²) in [7, 11) is 0. The molecule has 1 heterocycles. The van der Waals surface area contributed by atoms with Crippen LogP contribution in [0.4, 0.5) is 0 Å². The van der Waals surface area contributed by atoms with Crippen molar-refractivity contribution in [3.63, 3.8) is 0 Å². The molecule has 0 fully saturated rings. The Hall–Kier alpha value is -3.07. The van der Waals surface area contributed by atoms with E-state index in [1.165, 1.54) is 0 Å². The predicted molar refractivity (Wildman–Crippen MR) is 95.5 cm³/mol. The molecule has 0 bridgehead atoms. The van der Waals surface area contributed by atoms with Crippen LogP contribution in [0.15, 0.2) is 82.0 Å². The first-order valence-electron chi connectivity index (χ1n) is 7.89. The Labute approximate surface area is 139 Å². The van der Waals surface area contributed by atoms with Gasteiger partial charge < -0.3 is 9.15 Å². The zero-order valence-electron chi connectivity index (χ0n) is 13.2. The van der Waals surface area contributed by atoms with Gasteiger partial charge in [0.25, 0.3) is 0 Å². The van der Waals surface area contributed by atoms with Gasteiger partial charge in [-0.25, -0.2) is 4.79 Å². The summed E-state index contributed by atoms with van der Waals surface area (Å²) in [4.78, 5) is 12.1. The Kier molecular flexibility index (Phi) is 3.54. The third kappa shape index (κ3) is 2.54. The van der Waals surface area contributed by atoms with Crippen LogP contribution < -0.4 is 10.4 Å². The standard InChI is InChI=1S/C21H16O3/c1-14(15-7-3-2-4-8-15)23-16-11-12-18-17-9-5-6-10-19(17)21(22)24-20(18)13-16/h2-14H,1H3/t14-/m0/s1. The number of benzene rings is 3. The fraction of sp³-hybridized carbons (Fsp3) is 0.0952. The van der Waals surface area contributed by atoms with Gasteiger partial charge in [-0.2, -0.15) is 0 Å². The Morgan fingerprint density at radius 3 is 2.33 bits per heavy atom.